The molecule has 0 unspecified atom stereocenters. The van der Waals surface area contributed by atoms with E-state index >= 15 is 0 Å². The summed E-state index contributed by atoms with van der Waals surface area (Å²) in [5.74, 6) is 1.90. The molecule has 106 valence electrons. The summed E-state index contributed by atoms with van der Waals surface area (Å²) in [5.41, 5.74) is -0.390. The molecule has 2 nitrogen and oxygen atoms in total. The summed E-state index contributed by atoms with van der Waals surface area (Å²) in [6.45, 7) is 4.30. The van der Waals surface area contributed by atoms with Crippen LogP contribution in [0.2, 0.25) is 0 Å². The highest BCUT2D eigenvalue weighted by atomic mass is 16.3. The third-order valence-electron chi connectivity index (χ3n) is 5.10. The molecule has 0 aliphatic heterocycles. The van der Waals surface area contributed by atoms with Gasteiger partial charge in [-0.15, -0.1) is 0 Å². The lowest BCUT2D eigenvalue weighted by Gasteiger charge is -2.32. The Balaban J connectivity index is 1.55. The first-order valence-electron chi connectivity index (χ1n) is 8.11. The topological polar surface area (TPSA) is 32.3 Å². The van der Waals surface area contributed by atoms with Crippen LogP contribution in [0.1, 0.15) is 71.1 Å². The van der Waals surface area contributed by atoms with Crippen molar-refractivity contribution in [2.75, 3.05) is 13.1 Å². The smallest absolute Gasteiger partial charge is 0.0771 e. The van der Waals surface area contributed by atoms with Crippen LogP contribution in [0.5, 0.6) is 0 Å². The van der Waals surface area contributed by atoms with Gasteiger partial charge in [-0.3, -0.25) is 0 Å². The summed E-state index contributed by atoms with van der Waals surface area (Å²) in [7, 11) is 0. The van der Waals surface area contributed by atoms with Crippen molar-refractivity contribution in [1.29, 1.82) is 0 Å². The van der Waals surface area contributed by atoms with Crippen LogP contribution < -0.4 is 5.32 Å². The average Bonchev–Trinajstić information content (AvgIpc) is 2.38. The van der Waals surface area contributed by atoms with Gasteiger partial charge in [-0.2, -0.15) is 0 Å². The van der Waals surface area contributed by atoms with E-state index in [2.05, 4.69) is 12.2 Å². The van der Waals surface area contributed by atoms with E-state index in [-0.39, 0.29) is 5.60 Å². The van der Waals surface area contributed by atoms with E-state index in [1.54, 1.807) is 0 Å². The fourth-order valence-electron chi connectivity index (χ4n) is 3.63. The molecule has 0 bridgehead atoms. The highest BCUT2D eigenvalue weighted by Crippen LogP contribution is 2.30. The molecule has 2 rings (SSSR count). The zero-order valence-electron chi connectivity index (χ0n) is 12.1. The maximum Gasteiger partial charge on any atom is 0.0771 e. The maximum absolute atomic E-state index is 10.4. The summed E-state index contributed by atoms with van der Waals surface area (Å²) >= 11 is 0. The van der Waals surface area contributed by atoms with E-state index < -0.39 is 0 Å². The molecular formula is C16H31NO. The predicted octanol–water partition coefficient (Wildman–Crippen LogP) is 3.49. The molecule has 0 radical (unpaired) electrons. The Hall–Kier alpha value is -0.0800. The van der Waals surface area contributed by atoms with Crippen molar-refractivity contribution < 1.29 is 5.11 Å². The molecule has 0 saturated heterocycles. The van der Waals surface area contributed by atoms with Gasteiger partial charge < -0.3 is 10.4 Å². The van der Waals surface area contributed by atoms with Crippen LogP contribution in [0, 0.1) is 11.8 Å². The number of hydrogen-bond donors (Lipinski definition) is 2. The van der Waals surface area contributed by atoms with Gasteiger partial charge in [0.2, 0.25) is 0 Å². The van der Waals surface area contributed by atoms with Gasteiger partial charge in [-0.05, 0) is 37.6 Å². The first-order valence-corrected chi connectivity index (χ1v) is 8.11. The molecule has 0 aromatic carbocycles. The van der Waals surface area contributed by atoms with E-state index in [1.807, 2.05) is 0 Å². The Bertz CT molecular complexity index is 227. The van der Waals surface area contributed by atoms with Gasteiger partial charge in [0.15, 0.2) is 0 Å². The molecular weight excluding hydrogens is 222 g/mol. The molecule has 2 heteroatoms. The molecule has 2 aliphatic carbocycles. The van der Waals surface area contributed by atoms with Gasteiger partial charge in [-0.1, -0.05) is 51.9 Å². The standard InChI is InChI=1S/C16H31NO/c1-14-5-7-15(8-6-14)9-12-17-13-16(18)10-3-2-4-11-16/h14-15,17-18H,2-13H2,1H3. The lowest BCUT2D eigenvalue weighted by Crippen LogP contribution is -2.42. The summed E-state index contributed by atoms with van der Waals surface area (Å²) in [6.07, 6.45) is 12.7. The fourth-order valence-corrected chi connectivity index (χ4v) is 3.63. The van der Waals surface area contributed by atoms with E-state index in [1.165, 1.54) is 51.4 Å². The van der Waals surface area contributed by atoms with Gasteiger partial charge in [-0.25, -0.2) is 0 Å². The van der Waals surface area contributed by atoms with Crippen molar-refractivity contribution in [2.45, 2.75) is 76.7 Å². The summed E-state index contributed by atoms with van der Waals surface area (Å²) in [5, 5.41) is 13.9. The molecule has 0 amide bonds. The molecule has 2 saturated carbocycles. The molecule has 0 aromatic heterocycles. The van der Waals surface area contributed by atoms with Crippen molar-refractivity contribution in [3.8, 4) is 0 Å². The van der Waals surface area contributed by atoms with Crippen LogP contribution in [0.15, 0.2) is 0 Å². The van der Waals surface area contributed by atoms with E-state index in [0.717, 1.165) is 37.8 Å². The van der Waals surface area contributed by atoms with Crippen LogP contribution in [0.25, 0.3) is 0 Å². The van der Waals surface area contributed by atoms with Crippen molar-refractivity contribution in [3.05, 3.63) is 0 Å². The number of hydrogen-bond acceptors (Lipinski definition) is 2. The van der Waals surface area contributed by atoms with Gasteiger partial charge in [0, 0.05) is 6.54 Å². The highest BCUT2D eigenvalue weighted by molar-refractivity contribution is 4.84. The maximum atomic E-state index is 10.4. The van der Waals surface area contributed by atoms with Crippen molar-refractivity contribution in [1.82, 2.24) is 5.32 Å². The molecule has 0 spiro atoms. The SMILES string of the molecule is CC1CCC(CCNCC2(O)CCCCC2)CC1. The van der Waals surface area contributed by atoms with E-state index in [9.17, 15) is 5.11 Å². The van der Waals surface area contributed by atoms with Gasteiger partial charge in [0.25, 0.3) is 0 Å². The van der Waals surface area contributed by atoms with Crippen LogP contribution in [0.4, 0.5) is 0 Å². The van der Waals surface area contributed by atoms with Gasteiger partial charge in [0.1, 0.15) is 0 Å². The van der Waals surface area contributed by atoms with Crippen molar-refractivity contribution in [3.63, 3.8) is 0 Å². The Labute approximate surface area is 113 Å². The monoisotopic (exact) mass is 253 g/mol. The Morgan fingerprint density at radius 3 is 2.39 bits per heavy atom. The molecule has 0 atom stereocenters. The van der Waals surface area contributed by atoms with Crippen LogP contribution in [0.3, 0.4) is 0 Å². The molecule has 0 heterocycles. The summed E-state index contributed by atoms with van der Waals surface area (Å²) in [6, 6.07) is 0. The summed E-state index contributed by atoms with van der Waals surface area (Å²) < 4.78 is 0. The van der Waals surface area contributed by atoms with Crippen molar-refractivity contribution in [2.24, 2.45) is 11.8 Å². The Morgan fingerprint density at radius 2 is 1.72 bits per heavy atom. The summed E-state index contributed by atoms with van der Waals surface area (Å²) in [4.78, 5) is 0. The number of nitrogens with one attached hydrogen (secondary N) is 1. The lowest BCUT2D eigenvalue weighted by atomic mass is 9.81. The Kier molecular flexibility index (Phi) is 5.50. The minimum atomic E-state index is -0.390. The van der Waals surface area contributed by atoms with E-state index in [0.29, 0.717) is 0 Å². The number of aliphatic hydroxyl groups is 1. The fraction of sp³-hybridized carbons (Fsp3) is 1.00. The molecule has 2 fully saturated rings. The van der Waals surface area contributed by atoms with Crippen LogP contribution >= 0.6 is 0 Å². The highest BCUT2D eigenvalue weighted by Gasteiger charge is 2.28. The molecule has 0 aromatic rings. The van der Waals surface area contributed by atoms with Crippen molar-refractivity contribution >= 4 is 0 Å². The third-order valence-corrected chi connectivity index (χ3v) is 5.10. The molecule has 2 N–H and O–H groups in total. The van der Waals surface area contributed by atoms with Crippen LogP contribution in [-0.2, 0) is 0 Å². The zero-order chi connectivity index (χ0) is 12.8. The second-order valence-corrected chi connectivity index (χ2v) is 6.88. The second kappa shape index (κ2) is 6.91. The zero-order valence-corrected chi connectivity index (χ0v) is 12.1. The minimum absolute atomic E-state index is 0.390. The first kappa shape index (κ1) is 14.3. The van der Waals surface area contributed by atoms with Gasteiger partial charge in [0.05, 0.1) is 5.60 Å². The quantitative estimate of drug-likeness (QED) is 0.735. The van der Waals surface area contributed by atoms with Gasteiger partial charge >= 0.3 is 0 Å². The molecule has 2 aliphatic rings. The first-order chi connectivity index (χ1) is 8.68. The molecule has 18 heavy (non-hydrogen) atoms. The second-order valence-electron chi connectivity index (χ2n) is 6.88. The predicted molar refractivity (Wildman–Crippen MR) is 76.6 cm³/mol. The average molecular weight is 253 g/mol. The Morgan fingerprint density at radius 1 is 1.06 bits per heavy atom. The normalized spacial score (nSPS) is 32.3. The minimum Gasteiger partial charge on any atom is -0.389 e. The van der Waals surface area contributed by atoms with E-state index in [4.69, 9.17) is 0 Å². The largest absolute Gasteiger partial charge is 0.389 e. The number of rotatable bonds is 5. The lowest BCUT2D eigenvalue weighted by molar-refractivity contribution is 0.00475. The third kappa shape index (κ3) is 4.55. The van der Waals surface area contributed by atoms with Crippen LogP contribution in [-0.4, -0.2) is 23.8 Å².